The van der Waals surface area contributed by atoms with Crippen LogP contribution in [0, 0.1) is 11.3 Å². The zero-order chi connectivity index (χ0) is 14.1. The van der Waals surface area contributed by atoms with Crippen LogP contribution in [0.5, 0.6) is 0 Å². The van der Waals surface area contributed by atoms with Crippen molar-refractivity contribution in [1.82, 2.24) is 5.32 Å². The molecule has 2 N–H and O–H groups in total. The number of hydrogen-bond donors (Lipinski definition) is 2. The lowest BCUT2D eigenvalue weighted by atomic mass is 9.71. The number of amides is 1. The highest BCUT2D eigenvalue weighted by Crippen LogP contribution is 2.39. The van der Waals surface area contributed by atoms with Crippen LogP contribution in [-0.4, -0.2) is 35.9 Å². The molecule has 110 valence electrons. The minimum absolute atomic E-state index is 0.0664. The van der Waals surface area contributed by atoms with Gasteiger partial charge >= 0.3 is 0 Å². The Bertz CT molecular complexity index is 330. The van der Waals surface area contributed by atoms with E-state index in [-0.39, 0.29) is 17.9 Å². The van der Waals surface area contributed by atoms with Gasteiger partial charge in [-0.1, -0.05) is 20.8 Å². The molecule has 1 aliphatic carbocycles. The summed E-state index contributed by atoms with van der Waals surface area (Å²) in [7, 11) is 0. The maximum atomic E-state index is 12.0. The Morgan fingerprint density at radius 2 is 1.95 bits per heavy atom. The van der Waals surface area contributed by atoms with E-state index in [1.165, 1.54) is 0 Å². The molecule has 1 saturated carbocycles. The first-order chi connectivity index (χ1) is 8.81. The van der Waals surface area contributed by atoms with E-state index < -0.39 is 5.60 Å². The number of hydrogen-bond acceptors (Lipinski definition) is 3. The van der Waals surface area contributed by atoms with E-state index in [9.17, 15) is 9.90 Å². The predicted octanol–water partition coefficient (Wildman–Crippen LogP) is 1.86. The minimum Gasteiger partial charge on any atom is -0.388 e. The van der Waals surface area contributed by atoms with Crippen molar-refractivity contribution in [2.45, 2.75) is 64.6 Å². The molecule has 0 spiro atoms. The predicted molar refractivity (Wildman–Crippen MR) is 73.7 cm³/mol. The highest BCUT2D eigenvalue weighted by molar-refractivity contribution is 5.81. The van der Waals surface area contributed by atoms with Crippen LogP contribution in [0.1, 0.15) is 52.9 Å². The van der Waals surface area contributed by atoms with Crippen molar-refractivity contribution in [3.8, 4) is 0 Å². The topological polar surface area (TPSA) is 58.6 Å². The van der Waals surface area contributed by atoms with Gasteiger partial charge in [0, 0.05) is 13.2 Å². The van der Waals surface area contributed by atoms with Crippen LogP contribution >= 0.6 is 0 Å². The first kappa shape index (κ1) is 14.8. The summed E-state index contributed by atoms with van der Waals surface area (Å²) in [6.45, 7) is 7.53. The third-order valence-corrected chi connectivity index (χ3v) is 4.77. The molecule has 0 aromatic heterocycles. The summed E-state index contributed by atoms with van der Waals surface area (Å²) in [5, 5.41) is 13.4. The van der Waals surface area contributed by atoms with Crippen LogP contribution in [0.2, 0.25) is 0 Å². The van der Waals surface area contributed by atoms with Crippen LogP contribution in [0.4, 0.5) is 0 Å². The van der Waals surface area contributed by atoms with Gasteiger partial charge in [-0.25, -0.2) is 0 Å². The van der Waals surface area contributed by atoms with E-state index in [2.05, 4.69) is 19.2 Å². The minimum atomic E-state index is -0.729. The fourth-order valence-corrected chi connectivity index (χ4v) is 2.95. The number of aliphatic hydroxyl groups is 1. The molecule has 4 heteroatoms. The van der Waals surface area contributed by atoms with E-state index in [1.54, 1.807) is 0 Å². The molecule has 1 aliphatic heterocycles. The molecule has 0 aromatic rings. The summed E-state index contributed by atoms with van der Waals surface area (Å²) in [4.78, 5) is 12.0. The molecule has 1 saturated heterocycles. The Morgan fingerprint density at radius 1 is 1.32 bits per heavy atom. The average molecular weight is 269 g/mol. The summed E-state index contributed by atoms with van der Waals surface area (Å²) in [5.74, 6) is 0.211. The molecule has 0 aromatic carbocycles. The lowest BCUT2D eigenvalue weighted by Crippen LogP contribution is -2.49. The fourth-order valence-electron chi connectivity index (χ4n) is 2.95. The summed E-state index contributed by atoms with van der Waals surface area (Å²) >= 11 is 0. The number of nitrogens with one attached hydrogen (secondary N) is 1. The van der Waals surface area contributed by atoms with Gasteiger partial charge in [0.15, 0.2) is 0 Å². The van der Waals surface area contributed by atoms with E-state index >= 15 is 0 Å². The molecule has 1 amide bonds. The first-order valence-electron chi connectivity index (χ1n) is 7.43. The van der Waals surface area contributed by atoms with Crippen LogP contribution in [-0.2, 0) is 9.53 Å². The van der Waals surface area contributed by atoms with Crippen LogP contribution in [0.3, 0.4) is 0 Å². The second kappa shape index (κ2) is 5.41. The molecule has 0 bridgehead atoms. The van der Waals surface area contributed by atoms with Crippen LogP contribution < -0.4 is 5.32 Å². The Hall–Kier alpha value is -0.610. The number of ether oxygens (including phenoxy) is 1. The second-order valence-corrected chi connectivity index (χ2v) is 7.16. The molecule has 2 aliphatic rings. The Morgan fingerprint density at radius 3 is 2.47 bits per heavy atom. The molecule has 2 unspecified atom stereocenters. The lowest BCUT2D eigenvalue weighted by Gasteiger charge is -2.40. The van der Waals surface area contributed by atoms with Crippen molar-refractivity contribution in [2.75, 3.05) is 13.2 Å². The zero-order valence-electron chi connectivity index (χ0n) is 12.4. The maximum Gasteiger partial charge on any atom is 0.249 e. The Labute approximate surface area is 115 Å². The van der Waals surface area contributed by atoms with Crippen molar-refractivity contribution in [3.05, 3.63) is 0 Å². The van der Waals surface area contributed by atoms with E-state index in [1.807, 2.05) is 6.92 Å². The van der Waals surface area contributed by atoms with Crippen LogP contribution in [0.25, 0.3) is 0 Å². The van der Waals surface area contributed by atoms with Gasteiger partial charge in [0.25, 0.3) is 0 Å². The molecular weight excluding hydrogens is 242 g/mol. The van der Waals surface area contributed by atoms with Gasteiger partial charge in [0.05, 0.1) is 5.60 Å². The normalized spacial score (nSPS) is 33.1. The summed E-state index contributed by atoms with van der Waals surface area (Å²) < 4.78 is 5.44. The number of rotatable bonds is 3. The fraction of sp³-hybridized carbons (Fsp3) is 0.933. The largest absolute Gasteiger partial charge is 0.388 e. The molecule has 2 rings (SSSR count). The second-order valence-electron chi connectivity index (χ2n) is 7.16. The summed E-state index contributed by atoms with van der Waals surface area (Å²) in [5.41, 5.74) is -0.410. The van der Waals surface area contributed by atoms with Gasteiger partial charge in [-0.15, -0.1) is 0 Å². The Kier molecular flexibility index (Phi) is 4.21. The van der Waals surface area contributed by atoms with Crippen molar-refractivity contribution in [3.63, 3.8) is 0 Å². The van der Waals surface area contributed by atoms with Gasteiger partial charge in [0.1, 0.15) is 6.10 Å². The molecule has 19 heavy (non-hydrogen) atoms. The highest BCUT2D eigenvalue weighted by Gasteiger charge is 2.38. The highest BCUT2D eigenvalue weighted by atomic mass is 16.5. The zero-order valence-corrected chi connectivity index (χ0v) is 12.4. The quantitative estimate of drug-likeness (QED) is 0.822. The van der Waals surface area contributed by atoms with Crippen molar-refractivity contribution < 1.29 is 14.6 Å². The SMILES string of the molecule is CC1CCOC1C(=O)NCC1(O)CCC(C)(C)CC1. The van der Waals surface area contributed by atoms with E-state index in [0.29, 0.717) is 18.6 Å². The van der Waals surface area contributed by atoms with Crippen molar-refractivity contribution in [1.29, 1.82) is 0 Å². The van der Waals surface area contributed by atoms with Crippen molar-refractivity contribution >= 4 is 5.91 Å². The summed E-state index contributed by atoms with van der Waals surface area (Å²) in [6, 6.07) is 0. The molecular formula is C15H27NO3. The maximum absolute atomic E-state index is 12.0. The van der Waals surface area contributed by atoms with Gasteiger partial charge in [-0.2, -0.15) is 0 Å². The van der Waals surface area contributed by atoms with Gasteiger partial charge in [0.2, 0.25) is 5.91 Å². The molecule has 2 fully saturated rings. The third-order valence-electron chi connectivity index (χ3n) is 4.77. The Balaban J connectivity index is 1.80. The third kappa shape index (κ3) is 3.69. The number of carbonyl (C=O) groups excluding carboxylic acids is 1. The van der Waals surface area contributed by atoms with Gasteiger partial charge in [-0.05, 0) is 43.4 Å². The standard InChI is InChI=1S/C15H27NO3/c1-11-4-9-19-12(11)13(17)16-10-15(18)7-5-14(2,3)6-8-15/h11-12,18H,4-10H2,1-3H3,(H,16,17). The lowest BCUT2D eigenvalue weighted by molar-refractivity contribution is -0.133. The number of carbonyl (C=O) groups is 1. The van der Waals surface area contributed by atoms with Crippen molar-refractivity contribution in [2.24, 2.45) is 11.3 Å². The molecule has 4 nitrogen and oxygen atoms in total. The first-order valence-corrected chi connectivity index (χ1v) is 7.43. The molecule has 2 atom stereocenters. The van der Waals surface area contributed by atoms with E-state index in [4.69, 9.17) is 4.74 Å². The average Bonchev–Trinajstić information content (AvgIpc) is 2.77. The monoisotopic (exact) mass is 269 g/mol. The molecule has 0 radical (unpaired) electrons. The van der Waals surface area contributed by atoms with E-state index in [0.717, 1.165) is 32.1 Å². The van der Waals surface area contributed by atoms with Crippen LogP contribution in [0.15, 0.2) is 0 Å². The van der Waals surface area contributed by atoms with Gasteiger partial charge < -0.3 is 15.2 Å². The smallest absolute Gasteiger partial charge is 0.249 e. The molecule has 1 heterocycles. The van der Waals surface area contributed by atoms with Gasteiger partial charge in [-0.3, -0.25) is 4.79 Å². The summed E-state index contributed by atoms with van der Waals surface area (Å²) in [6.07, 6.45) is 4.16.